The number of anilines is 1. The molecular formula is C17H15N3O2S2. The number of carbonyl (C=O) groups excluding carboxylic acids is 1. The van der Waals surface area contributed by atoms with Crippen molar-refractivity contribution >= 4 is 46.0 Å². The number of amides is 1. The lowest BCUT2D eigenvalue weighted by Gasteiger charge is -2.06. The molecule has 0 unspecified atom stereocenters. The second-order valence-corrected chi connectivity index (χ2v) is 6.80. The number of rotatable bonds is 5. The van der Waals surface area contributed by atoms with E-state index >= 15 is 0 Å². The first-order valence-corrected chi connectivity index (χ1v) is 9.42. The number of aromatic amines is 1. The van der Waals surface area contributed by atoms with E-state index in [0.29, 0.717) is 16.1 Å². The molecule has 0 aliphatic heterocycles. The fraction of sp³-hybridized carbons (Fsp3) is 0.118. The number of hydrogen-bond donors (Lipinski definition) is 2. The highest BCUT2D eigenvalue weighted by atomic mass is 32.2. The molecule has 1 heterocycles. The van der Waals surface area contributed by atoms with Crippen molar-refractivity contribution in [3.05, 3.63) is 58.9 Å². The highest BCUT2D eigenvalue weighted by Gasteiger charge is 2.08. The number of benzene rings is 2. The van der Waals surface area contributed by atoms with E-state index in [1.807, 2.05) is 36.6 Å². The Hall–Kier alpha value is -2.25. The van der Waals surface area contributed by atoms with Crippen LogP contribution in [-0.4, -0.2) is 27.9 Å². The Morgan fingerprint density at radius 3 is 2.88 bits per heavy atom. The molecule has 7 heteroatoms. The lowest BCUT2D eigenvalue weighted by Crippen LogP contribution is -2.15. The average molecular weight is 357 g/mol. The van der Waals surface area contributed by atoms with E-state index in [1.54, 1.807) is 30.0 Å². The summed E-state index contributed by atoms with van der Waals surface area (Å²) in [6.07, 6.45) is 1.98. The smallest absolute Gasteiger partial charge is 0.259 e. The molecule has 2 N–H and O–H groups in total. The van der Waals surface area contributed by atoms with Crippen molar-refractivity contribution in [1.82, 2.24) is 9.97 Å². The Bertz CT molecular complexity index is 940. The van der Waals surface area contributed by atoms with Gasteiger partial charge >= 0.3 is 0 Å². The number of thioether (sulfide) groups is 2. The van der Waals surface area contributed by atoms with Crippen molar-refractivity contribution in [2.75, 3.05) is 17.3 Å². The Labute approximate surface area is 147 Å². The van der Waals surface area contributed by atoms with Crippen LogP contribution in [0.5, 0.6) is 0 Å². The van der Waals surface area contributed by atoms with Crippen molar-refractivity contribution < 1.29 is 4.79 Å². The SMILES string of the molecule is CSc1cccc(NC(=O)CSc2nc3ccccc3c(=O)[nH]2)c1. The zero-order chi connectivity index (χ0) is 16.9. The highest BCUT2D eigenvalue weighted by molar-refractivity contribution is 7.99. The fourth-order valence-electron chi connectivity index (χ4n) is 2.17. The van der Waals surface area contributed by atoms with Crippen LogP contribution in [0.15, 0.2) is 63.4 Å². The third-order valence-corrected chi connectivity index (χ3v) is 4.88. The van der Waals surface area contributed by atoms with Gasteiger partial charge in [0.25, 0.3) is 5.56 Å². The Kier molecular flexibility index (Phi) is 5.22. The monoisotopic (exact) mass is 357 g/mol. The van der Waals surface area contributed by atoms with Gasteiger partial charge in [-0.1, -0.05) is 30.0 Å². The fourth-order valence-corrected chi connectivity index (χ4v) is 3.29. The summed E-state index contributed by atoms with van der Waals surface area (Å²) in [6.45, 7) is 0. The predicted octanol–water partition coefficient (Wildman–Crippen LogP) is 3.38. The molecule has 3 rings (SSSR count). The van der Waals surface area contributed by atoms with Gasteiger partial charge in [-0.2, -0.15) is 0 Å². The van der Waals surface area contributed by atoms with Crippen LogP contribution in [0.1, 0.15) is 0 Å². The maximum atomic E-state index is 12.1. The normalized spacial score (nSPS) is 10.7. The molecule has 1 aromatic heterocycles. The Balaban J connectivity index is 1.67. The van der Waals surface area contributed by atoms with Gasteiger partial charge in [0, 0.05) is 10.6 Å². The molecule has 0 aliphatic rings. The molecule has 3 aromatic rings. The number of carbonyl (C=O) groups is 1. The Morgan fingerprint density at radius 1 is 1.21 bits per heavy atom. The topological polar surface area (TPSA) is 74.8 Å². The number of aromatic nitrogens is 2. The maximum absolute atomic E-state index is 12.1. The summed E-state index contributed by atoms with van der Waals surface area (Å²) in [5.74, 6) is 0.0270. The van der Waals surface area contributed by atoms with Crippen LogP contribution in [0.25, 0.3) is 10.9 Å². The highest BCUT2D eigenvalue weighted by Crippen LogP contribution is 2.20. The summed E-state index contributed by atoms with van der Waals surface area (Å²) < 4.78 is 0. The van der Waals surface area contributed by atoms with E-state index in [1.165, 1.54) is 11.8 Å². The van der Waals surface area contributed by atoms with E-state index in [9.17, 15) is 9.59 Å². The van der Waals surface area contributed by atoms with Crippen LogP contribution in [0.2, 0.25) is 0 Å². The van der Waals surface area contributed by atoms with Gasteiger partial charge in [-0.3, -0.25) is 9.59 Å². The summed E-state index contributed by atoms with van der Waals surface area (Å²) in [5.41, 5.74) is 1.18. The van der Waals surface area contributed by atoms with Crippen LogP contribution in [0.3, 0.4) is 0 Å². The minimum atomic E-state index is -0.198. The standard InChI is InChI=1S/C17H15N3O2S2/c1-23-12-6-4-5-11(9-12)18-15(21)10-24-17-19-14-8-3-2-7-13(14)16(22)20-17/h2-9H,10H2,1H3,(H,18,21)(H,19,20,22). The lowest BCUT2D eigenvalue weighted by atomic mass is 10.2. The number of H-pyrrole nitrogens is 1. The molecule has 0 bridgehead atoms. The number of fused-ring (bicyclic) bond motifs is 1. The van der Waals surface area contributed by atoms with Crippen molar-refractivity contribution in [2.45, 2.75) is 10.1 Å². The molecule has 122 valence electrons. The maximum Gasteiger partial charge on any atom is 0.259 e. The van der Waals surface area contributed by atoms with Crippen LogP contribution in [0, 0.1) is 0 Å². The van der Waals surface area contributed by atoms with Gasteiger partial charge in [0.2, 0.25) is 5.91 Å². The van der Waals surface area contributed by atoms with Gasteiger partial charge in [0.1, 0.15) is 0 Å². The van der Waals surface area contributed by atoms with Gasteiger partial charge in [-0.05, 0) is 36.6 Å². The minimum Gasteiger partial charge on any atom is -0.325 e. The summed E-state index contributed by atoms with van der Waals surface area (Å²) >= 11 is 2.82. The van der Waals surface area contributed by atoms with E-state index in [4.69, 9.17) is 0 Å². The summed E-state index contributed by atoms with van der Waals surface area (Å²) in [6, 6.07) is 14.8. The number of para-hydroxylation sites is 1. The van der Waals surface area contributed by atoms with E-state index in [-0.39, 0.29) is 17.2 Å². The molecule has 0 spiro atoms. The van der Waals surface area contributed by atoms with Crippen molar-refractivity contribution in [3.63, 3.8) is 0 Å². The lowest BCUT2D eigenvalue weighted by molar-refractivity contribution is -0.113. The molecule has 24 heavy (non-hydrogen) atoms. The molecule has 0 saturated heterocycles. The largest absolute Gasteiger partial charge is 0.325 e. The van der Waals surface area contributed by atoms with Crippen LogP contribution in [-0.2, 0) is 4.79 Å². The summed E-state index contributed by atoms with van der Waals surface area (Å²) in [7, 11) is 0. The minimum absolute atomic E-state index is 0.144. The first-order valence-electron chi connectivity index (χ1n) is 7.21. The van der Waals surface area contributed by atoms with Gasteiger partial charge in [0.05, 0.1) is 16.7 Å². The molecule has 0 fully saturated rings. The molecule has 2 aromatic carbocycles. The van der Waals surface area contributed by atoms with Crippen LogP contribution >= 0.6 is 23.5 Å². The number of nitrogens with one attached hydrogen (secondary N) is 2. The second-order valence-electron chi connectivity index (χ2n) is 4.96. The van der Waals surface area contributed by atoms with E-state index in [2.05, 4.69) is 15.3 Å². The molecular weight excluding hydrogens is 342 g/mol. The molecule has 1 amide bonds. The number of nitrogens with zero attached hydrogens (tertiary/aromatic N) is 1. The first-order chi connectivity index (χ1) is 11.7. The predicted molar refractivity (Wildman–Crippen MR) is 99.9 cm³/mol. The van der Waals surface area contributed by atoms with Crippen LogP contribution in [0.4, 0.5) is 5.69 Å². The molecule has 0 aliphatic carbocycles. The van der Waals surface area contributed by atoms with Gasteiger partial charge < -0.3 is 10.3 Å². The molecule has 0 saturated carbocycles. The zero-order valence-corrected chi connectivity index (χ0v) is 14.5. The second kappa shape index (κ2) is 7.55. The van der Waals surface area contributed by atoms with Crippen molar-refractivity contribution in [2.24, 2.45) is 0 Å². The molecule has 5 nitrogen and oxygen atoms in total. The Morgan fingerprint density at radius 2 is 2.04 bits per heavy atom. The molecule has 0 radical (unpaired) electrons. The molecule has 0 atom stereocenters. The number of hydrogen-bond acceptors (Lipinski definition) is 5. The van der Waals surface area contributed by atoms with E-state index < -0.39 is 0 Å². The van der Waals surface area contributed by atoms with Gasteiger partial charge in [-0.25, -0.2) is 4.98 Å². The first kappa shape index (κ1) is 16.6. The zero-order valence-electron chi connectivity index (χ0n) is 12.9. The van der Waals surface area contributed by atoms with Crippen molar-refractivity contribution in [3.8, 4) is 0 Å². The summed E-state index contributed by atoms with van der Waals surface area (Å²) in [4.78, 5) is 32.2. The third-order valence-electron chi connectivity index (χ3n) is 3.28. The van der Waals surface area contributed by atoms with E-state index in [0.717, 1.165) is 10.6 Å². The quantitative estimate of drug-likeness (QED) is 0.541. The van der Waals surface area contributed by atoms with Crippen molar-refractivity contribution in [1.29, 1.82) is 0 Å². The van der Waals surface area contributed by atoms with Gasteiger partial charge in [0.15, 0.2) is 5.16 Å². The summed E-state index contributed by atoms with van der Waals surface area (Å²) in [5, 5.41) is 3.82. The average Bonchev–Trinajstić information content (AvgIpc) is 2.60. The van der Waals surface area contributed by atoms with Gasteiger partial charge in [-0.15, -0.1) is 11.8 Å². The van der Waals surface area contributed by atoms with Crippen LogP contribution < -0.4 is 10.9 Å². The third kappa shape index (κ3) is 3.98.